The second kappa shape index (κ2) is 8.37. The summed E-state index contributed by atoms with van der Waals surface area (Å²) in [6, 6.07) is 13.3. The third-order valence-electron chi connectivity index (χ3n) is 6.16. The Labute approximate surface area is 171 Å². The number of phenolic OH excluding ortho intramolecular Hbond substituents is 1. The van der Waals surface area contributed by atoms with Gasteiger partial charge in [-0.3, -0.25) is 19.4 Å². The van der Waals surface area contributed by atoms with Gasteiger partial charge in [-0.25, -0.2) is 0 Å². The van der Waals surface area contributed by atoms with Crippen LogP contribution in [0.4, 0.5) is 0 Å². The monoisotopic (exact) mass is 392 g/mol. The van der Waals surface area contributed by atoms with Gasteiger partial charge in [0.15, 0.2) is 0 Å². The fraction of sp³-hybridized carbons (Fsp3) is 0.417. The summed E-state index contributed by atoms with van der Waals surface area (Å²) in [4.78, 5) is 29.0. The van der Waals surface area contributed by atoms with Crippen LogP contribution in [0, 0.1) is 0 Å². The minimum absolute atomic E-state index is 0.172. The number of carbonyl (C=O) groups excluding carboxylic acids is 2. The van der Waals surface area contributed by atoms with Crippen LogP contribution in [0.1, 0.15) is 58.0 Å². The Morgan fingerprint density at radius 3 is 2.45 bits per heavy atom. The Morgan fingerprint density at radius 1 is 1.03 bits per heavy atom. The van der Waals surface area contributed by atoms with Gasteiger partial charge in [0.2, 0.25) is 0 Å². The largest absolute Gasteiger partial charge is 0.508 e. The van der Waals surface area contributed by atoms with E-state index < -0.39 is 0 Å². The number of hydrogen-bond donors (Lipinski definition) is 1. The fourth-order valence-corrected chi connectivity index (χ4v) is 4.72. The van der Waals surface area contributed by atoms with Crippen LogP contribution in [0.25, 0.3) is 0 Å². The summed E-state index contributed by atoms with van der Waals surface area (Å²) in [6.45, 7) is 4.50. The average Bonchev–Trinajstić information content (AvgIpc) is 2.98. The minimum atomic E-state index is -0.172. The summed E-state index contributed by atoms with van der Waals surface area (Å²) >= 11 is 0. The first kappa shape index (κ1) is 19.6. The van der Waals surface area contributed by atoms with Gasteiger partial charge < -0.3 is 5.11 Å². The first-order chi connectivity index (χ1) is 14.1. The number of amides is 2. The second-order valence-electron chi connectivity index (χ2n) is 8.01. The Hall–Kier alpha value is -2.66. The van der Waals surface area contributed by atoms with E-state index in [9.17, 15) is 14.7 Å². The van der Waals surface area contributed by atoms with Gasteiger partial charge >= 0.3 is 0 Å². The summed E-state index contributed by atoms with van der Waals surface area (Å²) in [7, 11) is 0. The molecule has 1 atom stereocenters. The number of aromatic hydroxyl groups is 1. The zero-order chi connectivity index (χ0) is 20.4. The Morgan fingerprint density at radius 2 is 1.76 bits per heavy atom. The van der Waals surface area contributed by atoms with Crippen molar-refractivity contribution in [3.8, 4) is 5.75 Å². The number of fused-ring (bicyclic) bond motifs is 2. The van der Waals surface area contributed by atoms with Crippen molar-refractivity contribution in [3.63, 3.8) is 0 Å². The van der Waals surface area contributed by atoms with Gasteiger partial charge in [-0.05, 0) is 68.0 Å². The molecule has 0 bridgehead atoms. The molecule has 0 saturated carbocycles. The maximum atomic E-state index is 12.5. The van der Waals surface area contributed by atoms with E-state index in [0.717, 1.165) is 50.8 Å². The highest BCUT2D eigenvalue weighted by Crippen LogP contribution is 2.31. The zero-order valence-electron chi connectivity index (χ0n) is 16.9. The van der Waals surface area contributed by atoms with E-state index >= 15 is 0 Å². The quantitative estimate of drug-likeness (QED) is 0.731. The molecule has 29 heavy (non-hydrogen) atoms. The Kier molecular flexibility index (Phi) is 5.67. The average molecular weight is 392 g/mol. The number of nitrogens with zero attached hydrogens (tertiary/aromatic N) is 2. The maximum Gasteiger partial charge on any atom is 0.261 e. The molecule has 2 aromatic rings. The number of phenols is 1. The molecule has 1 aliphatic carbocycles. The highest BCUT2D eigenvalue weighted by atomic mass is 16.3. The van der Waals surface area contributed by atoms with Crippen LogP contribution in [0.2, 0.25) is 0 Å². The van der Waals surface area contributed by atoms with Crippen molar-refractivity contribution in [2.45, 2.75) is 45.1 Å². The molecule has 1 unspecified atom stereocenters. The molecule has 152 valence electrons. The summed E-state index contributed by atoms with van der Waals surface area (Å²) in [5.41, 5.74) is 3.37. The molecule has 0 aromatic heterocycles. The van der Waals surface area contributed by atoms with Crippen molar-refractivity contribution in [3.05, 3.63) is 64.7 Å². The normalized spacial score (nSPS) is 18.3. The standard InChI is InChI=1S/C24H28N2O3/c1-2-13-25(18-11-12-19-17(16-18)7-5-10-22(19)27)14-6-15-26-23(28)20-8-3-4-9-21(20)24(26)29/h3-5,7-10,18,27H,2,6,11-16H2,1H3. The van der Waals surface area contributed by atoms with Gasteiger partial charge in [0.25, 0.3) is 11.8 Å². The maximum absolute atomic E-state index is 12.5. The van der Waals surface area contributed by atoms with Crippen molar-refractivity contribution in [2.24, 2.45) is 0 Å². The molecular formula is C24H28N2O3. The van der Waals surface area contributed by atoms with Crippen LogP contribution in [-0.4, -0.2) is 52.4 Å². The first-order valence-corrected chi connectivity index (χ1v) is 10.6. The van der Waals surface area contributed by atoms with Crippen molar-refractivity contribution in [2.75, 3.05) is 19.6 Å². The molecule has 0 spiro atoms. The van der Waals surface area contributed by atoms with Gasteiger partial charge in [-0.15, -0.1) is 0 Å². The lowest BCUT2D eigenvalue weighted by Crippen LogP contribution is -2.42. The van der Waals surface area contributed by atoms with Crippen LogP contribution in [0.3, 0.4) is 0 Å². The summed E-state index contributed by atoms with van der Waals surface area (Å²) in [5.74, 6) is 0.0676. The number of benzene rings is 2. The van der Waals surface area contributed by atoms with E-state index in [2.05, 4.69) is 17.9 Å². The van der Waals surface area contributed by atoms with E-state index in [0.29, 0.717) is 29.5 Å². The number of rotatable bonds is 7. The molecule has 4 rings (SSSR count). The summed E-state index contributed by atoms with van der Waals surface area (Å²) in [5, 5.41) is 10.1. The van der Waals surface area contributed by atoms with Crippen LogP contribution in [-0.2, 0) is 12.8 Å². The van der Waals surface area contributed by atoms with E-state index in [4.69, 9.17) is 0 Å². The first-order valence-electron chi connectivity index (χ1n) is 10.6. The van der Waals surface area contributed by atoms with Crippen molar-refractivity contribution >= 4 is 11.8 Å². The molecule has 1 aliphatic heterocycles. The smallest absolute Gasteiger partial charge is 0.261 e. The number of imide groups is 1. The van der Waals surface area contributed by atoms with Crippen molar-refractivity contribution < 1.29 is 14.7 Å². The van der Waals surface area contributed by atoms with Crippen molar-refractivity contribution in [1.82, 2.24) is 9.80 Å². The van der Waals surface area contributed by atoms with E-state index in [1.807, 2.05) is 6.07 Å². The molecule has 5 nitrogen and oxygen atoms in total. The molecule has 1 N–H and O–H groups in total. The predicted molar refractivity (Wildman–Crippen MR) is 112 cm³/mol. The molecule has 2 amide bonds. The van der Waals surface area contributed by atoms with Gasteiger partial charge in [0.1, 0.15) is 5.75 Å². The lowest BCUT2D eigenvalue weighted by Gasteiger charge is -2.35. The molecule has 5 heteroatoms. The van der Waals surface area contributed by atoms with E-state index in [1.165, 1.54) is 10.5 Å². The highest BCUT2D eigenvalue weighted by molar-refractivity contribution is 6.21. The third kappa shape index (κ3) is 3.79. The van der Waals surface area contributed by atoms with Gasteiger partial charge in [0.05, 0.1) is 11.1 Å². The number of carbonyl (C=O) groups is 2. The fourth-order valence-electron chi connectivity index (χ4n) is 4.72. The van der Waals surface area contributed by atoms with Gasteiger partial charge in [-0.1, -0.05) is 31.2 Å². The molecular weight excluding hydrogens is 364 g/mol. The Balaban J connectivity index is 1.38. The Bertz CT molecular complexity index is 889. The van der Waals surface area contributed by atoms with Crippen LogP contribution in [0.15, 0.2) is 42.5 Å². The SMILES string of the molecule is CCCN(CCCN1C(=O)c2ccccc2C1=O)C1CCc2c(O)cccc2C1. The highest BCUT2D eigenvalue weighted by Gasteiger charge is 2.34. The van der Waals surface area contributed by atoms with Crippen LogP contribution >= 0.6 is 0 Å². The van der Waals surface area contributed by atoms with Crippen LogP contribution in [0.5, 0.6) is 5.75 Å². The summed E-state index contributed by atoms with van der Waals surface area (Å²) in [6.07, 6.45) is 4.70. The van der Waals surface area contributed by atoms with Gasteiger partial charge in [-0.2, -0.15) is 0 Å². The van der Waals surface area contributed by atoms with E-state index in [-0.39, 0.29) is 11.8 Å². The zero-order valence-corrected chi connectivity index (χ0v) is 16.9. The number of hydrogen-bond acceptors (Lipinski definition) is 4. The molecule has 0 fully saturated rings. The van der Waals surface area contributed by atoms with Crippen LogP contribution < -0.4 is 0 Å². The molecule has 2 aromatic carbocycles. The topological polar surface area (TPSA) is 60.9 Å². The molecule has 1 heterocycles. The minimum Gasteiger partial charge on any atom is -0.508 e. The lowest BCUT2D eigenvalue weighted by molar-refractivity contribution is 0.0643. The summed E-state index contributed by atoms with van der Waals surface area (Å²) < 4.78 is 0. The molecule has 0 radical (unpaired) electrons. The van der Waals surface area contributed by atoms with Crippen molar-refractivity contribution in [1.29, 1.82) is 0 Å². The molecule has 2 aliphatic rings. The third-order valence-corrected chi connectivity index (χ3v) is 6.16. The lowest BCUT2D eigenvalue weighted by atomic mass is 9.86. The molecule has 0 saturated heterocycles. The predicted octanol–water partition coefficient (Wildman–Crippen LogP) is 3.65. The van der Waals surface area contributed by atoms with Gasteiger partial charge in [0, 0.05) is 19.1 Å². The van der Waals surface area contributed by atoms with E-state index in [1.54, 1.807) is 30.3 Å². The second-order valence-corrected chi connectivity index (χ2v) is 8.01.